The Morgan fingerprint density at radius 2 is 1.94 bits per heavy atom. The monoisotopic (exact) mass is 279 g/mol. The normalized spacial score (nSPS) is 16.8. The Balaban J connectivity index is 2.84. The van der Waals surface area contributed by atoms with Crippen molar-refractivity contribution < 1.29 is 4.21 Å². The maximum atomic E-state index is 12.1. The van der Waals surface area contributed by atoms with Crippen molar-refractivity contribution in [1.29, 1.82) is 0 Å². The van der Waals surface area contributed by atoms with Gasteiger partial charge in [-0.3, -0.25) is 4.21 Å². The fourth-order valence-electron chi connectivity index (χ4n) is 1.45. The molecule has 5 heteroatoms. The van der Waals surface area contributed by atoms with Crippen molar-refractivity contribution in [2.24, 2.45) is 5.73 Å². The smallest absolute Gasteiger partial charge is 0.0604 e. The minimum atomic E-state index is -1.09. The van der Waals surface area contributed by atoms with Crippen LogP contribution >= 0.6 is 23.2 Å². The summed E-state index contributed by atoms with van der Waals surface area (Å²) in [6, 6.07) is 5.09. The minimum Gasteiger partial charge on any atom is -0.328 e. The van der Waals surface area contributed by atoms with Crippen LogP contribution in [-0.4, -0.2) is 15.5 Å². The van der Waals surface area contributed by atoms with E-state index in [9.17, 15) is 4.21 Å². The van der Waals surface area contributed by atoms with Crippen LogP contribution in [-0.2, 0) is 10.8 Å². The molecule has 2 N–H and O–H groups in total. The quantitative estimate of drug-likeness (QED) is 0.920. The van der Waals surface area contributed by atoms with Gasteiger partial charge in [0.2, 0.25) is 0 Å². The molecule has 1 aromatic carbocycles. The lowest BCUT2D eigenvalue weighted by molar-refractivity contribution is 0.628. The fraction of sp³-hybridized carbons (Fsp3) is 0.455. The lowest BCUT2D eigenvalue weighted by Gasteiger charge is -2.14. The van der Waals surface area contributed by atoms with E-state index in [4.69, 9.17) is 28.9 Å². The van der Waals surface area contributed by atoms with Crippen LogP contribution in [0.5, 0.6) is 0 Å². The predicted molar refractivity (Wildman–Crippen MR) is 70.6 cm³/mol. The van der Waals surface area contributed by atoms with Crippen molar-refractivity contribution in [1.82, 2.24) is 0 Å². The molecule has 0 bridgehead atoms. The van der Waals surface area contributed by atoms with Gasteiger partial charge in [0.05, 0.1) is 20.8 Å². The first-order valence-corrected chi connectivity index (χ1v) is 7.00. The summed E-state index contributed by atoms with van der Waals surface area (Å²) in [5.41, 5.74) is 5.68. The van der Waals surface area contributed by atoms with Gasteiger partial charge in [0.1, 0.15) is 0 Å². The van der Waals surface area contributed by atoms with Gasteiger partial charge in [0, 0.05) is 16.2 Å². The highest BCUT2D eigenvalue weighted by Gasteiger charge is 2.15. The van der Waals surface area contributed by atoms with Crippen molar-refractivity contribution in [3.63, 3.8) is 0 Å². The second kappa shape index (κ2) is 6.01. The van der Waals surface area contributed by atoms with Gasteiger partial charge >= 0.3 is 0 Å². The third-order valence-corrected chi connectivity index (χ3v) is 4.57. The van der Waals surface area contributed by atoms with Gasteiger partial charge < -0.3 is 5.73 Å². The minimum absolute atomic E-state index is 0.0113. The predicted octanol–water partition coefficient (Wildman–Crippen LogP) is 3.23. The van der Waals surface area contributed by atoms with Crippen LogP contribution < -0.4 is 5.73 Å². The second-order valence-corrected chi connectivity index (χ2v) is 6.58. The van der Waals surface area contributed by atoms with Crippen LogP contribution in [0.4, 0.5) is 0 Å². The van der Waals surface area contributed by atoms with Crippen molar-refractivity contribution in [2.75, 3.05) is 0 Å². The Hall–Kier alpha value is -0.0900. The molecule has 0 aliphatic heterocycles. The average molecular weight is 280 g/mol. The molecule has 16 heavy (non-hydrogen) atoms. The number of hydrogen-bond donors (Lipinski definition) is 1. The lowest BCUT2D eigenvalue weighted by atomic mass is 10.2. The molecule has 0 saturated heterocycles. The number of halogens is 2. The zero-order chi connectivity index (χ0) is 12.3. The first kappa shape index (κ1) is 14.0. The van der Waals surface area contributed by atoms with Gasteiger partial charge in [-0.25, -0.2) is 0 Å². The maximum Gasteiger partial charge on any atom is 0.0604 e. The highest BCUT2D eigenvalue weighted by molar-refractivity contribution is 7.85. The topological polar surface area (TPSA) is 43.1 Å². The fourth-order valence-corrected chi connectivity index (χ4v) is 3.19. The maximum absolute atomic E-state index is 12.1. The van der Waals surface area contributed by atoms with Gasteiger partial charge in [-0.2, -0.15) is 0 Å². The molecule has 0 aromatic heterocycles. The second-order valence-electron chi connectivity index (χ2n) is 3.90. The number of nitrogens with two attached hydrogens (primary N) is 1. The van der Waals surface area contributed by atoms with Crippen LogP contribution in [0.3, 0.4) is 0 Å². The SMILES string of the molecule is CC(N)CC(C)S(=O)c1ccc(Cl)c(Cl)c1. The molecule has 3 unspecified atom stereocenters. The first-order valence-electron chi connectivity index (χ1n) is 5.03. The molecule has 2 nitrogen and oxygen atoms in total. The summed E-state index contributed by atoms with van der Waals surface area (Å²) in [5.74, 6) is 0. The molecule has 0 heterocycles. The molecule has 3 atom stereocenters. The molecule has 1 aromatic rings. The summed E-state index contributed by atoms with van der Waals surface area (Å²) in [4.78, 5) is 0.697. The van der Waals surface area contributed by atoms with Crippen LogP contribution in [0.1, 0.15) is 20.3 Å². The molecule has 0 amide bonds. The van der Waals surface area contributed by atoms with Gasteiger partial charge in [0.15, 0.2) is 0 Å². The highest BCUT2D eigenvalue weighted by atomic mass is 35.5. The van der Waals surface area contributed by atoms with Crippen molar-refractivity contribution >= 4 is 34.0 Å². The highest BCUT2D eigenvalue weighted by Crippen LogP contribution is 2.25. The molecular weight excluding hydrogens is 265 g/mol. The van der Waals surface area contributed by atoms with E-state index >= 15 is 0 Å². The number of benzene rings is 1. The van der Waals surface area contributed by atoms with E-state index in [0.29, 0.717) is 21.4 Å². The van der Waals surface area contributed by atoms with E-state index in [0.717, 1.165) is 0 Å². The molecule has 0 aliphatic rings. The van der Waals surface area contributed by atoms with Crippen molar-refractivity contribution in [3.05, 3.63) is 28.2 Å². The average Bonchev–Trinajstić information content (AvgIpc) is 2.20. The Labute approximate surface area is 109 Å². The van der Waals surface area contributed by atoms with E-state index in [2.05, 4.69) is 0 Å². The van der Waals surface area contributed by atoms with Crippen molar-refractivity contribution in [3.8, 4) is 0 Å². The van der Waals surface area contributed by atoms with Gasteiger partial charge in [-0.15, -0.1) is 0 Å². The molecule has 0 fully saturated rings. The zero-order valence-electron chi connectivity index (χ0n) is 9.24. The Kier molecular flexibility index (Phi) is 5.25. The van der Waals surface area contributed by atoms with E-state index in [1.165, 1.54) is 0 Å². The van der Waals surface area contributed by atoms with E-state index in [-0.39, 0.29) is 11.3 Å². The summed E-state index contributed by atoms with van der Waals surface area (Å²) < 4.78 is 12.1. The van der Waals surface area contributed by atoms with Crippen LogP contribution in [0.15, 0.2) is 23.1 Å². The summed E-state index contributed by atoms with van der Waals surface area (Å²) >= 11 is 11.7. The van der Waals surface area contributed by atoms with E-state index in [1.54, 1.807) is 18.2 Å². The summed E-state index contributed by atoms with van der Waals surface area (Å²) in [5, 5.41) is 0.917. The van der Waals surface area contributed by atoms with Gasteiger partial charge in [0.25, 0.3) is 0 Å². The largest absolute Gasteiger partial charge is 0.328 e. The number of hydrogen-bond acceptors (Lipinski definition) is 2. The molecule has 90 valence electrons. The van der Waals surface area contributed by atoms with E-state index in [1.807, 2.05) is 13.8 Å². The summed E-state index contributed by atoms with van der Waals surface area (Å²) in [7, 11) is -1.09. The van der Waals surface area contributed by atoms with Crippen LogP contribution in [0, 0.1) is 0 Å². The molecular formula is C11H15Cl2NOS. The first-order chi connectivity index (χ1) is 7.41. The summed E-state index contributed by atoms with van der Waals surface area (Å²) in [6.07, 6.45) is 0.715. The van der Waals surface area contributed by atoms with Crippen LogP contribution in [0.25, 0.3) is 0 Å². The van der Waals surface area contributed by atoms with Crippen molar-refractivity contribution in [2.45, 2.75) is 36.5 Å². The zero-order valence-corrected chi connectivity index (χ0v) is 11.6. The third-order valence-electron chi connectivity index (χ3n) is 2.19. The molecule has 0 radical (unpaired) electrons. The Morgan fingerprint density at radius 1 is 1.31 bits per heavy atom. The van der Waals surface area contributed by atoms with Gasteiger partial charge in [-0.05, 0) is 31.5 Å². The Bertz CT molecular complexity index is 396. The van der Waals surface area contributed by atoms with E-state index < -0.39 is 10.8 Å². The summed E-state index contributed by atoms with van der Waals surface area (Å²) in [6.45, 7) is 3.82. The molecule has 0 spiro atoms. The van der Waals surface area contributed by atoms with Crippen LogP contribution in [0.2, 0.25) is 10.0 Å². The Morgan fingerprint density at radius 3 is 2.44 bits per heavy atom. The molecule has 1 rings (SSSR count). The number of rotatable bonds is 4. The lowest BCUT2D eigenvalue weighted by Crippen LogP contribution is -2.24. The molecule has 0 saturated carbocycles. The standard InChI is InChI=1S/C11H15Cl2NOS/c1-7(14)5-8(2)16(15)9-3-4-10(12)11(13)6-9/h3-4,6-8H,5,14H2,1-2H3. The third kappa shape index (κ3) is 3.74. The van der Waals surface area contributed by atoms with Gasteiger partial charge in [-0.1, -0.05) is 30.1 Å². The molecule has 0 aliphatic carbocycles.